The highest BCUT2D eigenvalue weighted by molar-refractivity contribution is 5.96. The number of carbonyl (C=O) groups is 2. The SMILES string of the molecule is COc1cc(C(C)=O)ccc1O[C@@H](C)C(=O)N(C)c1ccccc1. The lowest BCUT2D eigenvalue weighted by Crippen LogP contribution is -2.38. The van der Waals surface area contributed by atoms with Gasteiger partial charge in [-0.15, -0.1) is 0 Å². The van der Waals surface area contributed by atoms with Gasteiger partial charge in [-0.25, -0.2) is 0 Å². The van der Waals surface area contributed by atoms with Crippen molar-refractivity contribution < 1.29 is 19.1 Å². The van der Waals surface area contributed by atoms with Gasteiger partial charge in [-0.3, -0.25) is 9.59 Å². The van der Waals surface area contributed by atoms with Crippen LogP contribution in [0.1, 0.15) is 24.2 Å². The van der Waals surface area contributed by atoms with Gasteiger partial charge in [0.1, 0.15) is 0 Å². The molecule has 126 valence electrons. The Balaban J connectivity index is 2.15. The number of hydrogen-bond acceptors (Lipinski definition) is 4. The number of likely N-dealkylation sites (N-methyl/N-ethyl adjacent to an activating group) is 1. The van der Waals surface area contributed by atoms with E-state index < -0.39 is 6.10 Å². The van der Waals surface area contributed by atoms with E-state index in [-0.39, 0.29) is 11.7 Å². The number of nitrogens with zero attached hydrogens (tertiary/aromatic N) is 1. The summed E-state index contributed by atoms with van der Waals surface area (Å²) in [5.74, 6) is 0.598. The predicted octanol–water partition coefficient (Wildman–Crippen LogP) is 3.33. The minimum atomic E-state index is -0.702. The van der Waals surface area contributed by atoms with Crippen LogP contribution in [0.4, 0.5) is 5.69 Å². The number of methoxy groups -OCH3 is 1. The molecule has 0 aliphatic heterocycles. The lowest BCUT2D eigenvalue weighted by Gasteiger charge is -2.23. The Morgan fingerprint density at radius 2 is 1.71 bits per heavy atom. The van der Waals surface area contributed by atoms with Crippen molar-refractivity contribution in [3.8, 4) is 11.5 Å². The van der Waals surface area contributed by atoms with Gasteiger partial charge in [0.05, 0.1) is 7.11 Å². The van der Waals surface area contributed by atoms with Gasteiger partial charge in [0, 0.05) is 18.3 Å². The van der Waals surface area contributed by atoms with Crippen molar-refractivity contribution in [3.05, 3.63) is 54.1 Å². The number of rotatable bonds is 6. The Labute approximate surface area is 141 Å². The highest BCUT2D eigenvalue weighted by Crippen LogP contribution is 2.29. The lowest BCUT2D eigenvalue weighted by molar-refractivity contribution is -0.124. The average Bonchev–Trinajstić information content (AvgIpc) is 2.61. The summed E-state index contributed by atoms with van der Waals surface area (Å²) in [6.07, 6.45) is -0.702. The van der Waals surface area contributed by atoms with E-state index in [4.69, 9.17) is 9.47 Å². The molecule has 0 bridgehead atoms. The quantitative estimate of drug-likeness (QED) is 0.764. The van der Waals surface area contributed by atoms with E-state index in [1.165, 1.54) is 14.0 Å². The third kappa shape index (κ3) is 3.93. The van der Waals surface area contributed by atoms with Gasteiger partial charge < -0.3 is 14.4 Å². The van der Waals surface area contributed by atoms with Crippen molar-refractivity contribution in [2.75, 3.05) is 19.1 Å². The molecular formula is C19H21NO4. The predicted molar refractivity (Wildman–Crippen MR) is 92.9 cm³/mol. The van der Waals surface area contributed by atoms with Crippen molar-refractivity contribution >= 4 is 17.4 Å². The number of anilines is 1. The molecule has 5 nitrogen and oxygen atoms in total. The molecule has 0 aliphatic carbocycles. The largest absolute Gasteiger partial charge is 0.493 e. The molecule has 0 saturated carbocycles. The number of para-hydroxylation sites is 1. The molecule has 0 spiro atoms. The number of ether oxygens (including phenoxy) is 2. The van der Waals surface area contributed by atoms with E-state index >= 15 is 0 Å². The summed E-state index contributed by atoms with van der Waals surface area (Å²) >= 11 is 0. The molecule has 1 amide bonds. The normalized spacial score (nSPS) is 11.5. The molecule has 24 heavy (non-hydrogen) atoms. The van der Waals surface area contributed by atoms with Crippen LogP contribution >= 0.6 is 0 Å². The van der Waals surface area contributed by atoms with E-state index in [1.807, 2.05) is 30.3 Å². The van der Waals surface area contributed by atoms with Gasteiger partial charge in [0.25, 0.3) is 5.91 Å². The maximum absolute atomic E-state index is 12.5. The topological polar surface area (TPSA) is 55.8 Å². The van der Waals surface area contributed by atoms with Crippen molar-refractivity contribution in [1.29, 1.82) is 0 Å². The molecule has 0 heterocycles. The summed E-state index contributed by atoms with van der Waals surface area (Å²) in [5.41, 5.74) is 1.32. The van der Waals surface area contributed by atoms with Crippen LogP contribution in [0.15, 0.2) is 48.5 Å². The summed E-state index contributed by atoms with van der Waals surface area (Å²) in [6.45, 7) is 3.16. The van der Waals surface area contributed by atoms with Gasteiger partial charge in [0.2, 0.25) is 0 Å². The maximum Gasteiger partial charge on any atom is 0.267 e. The lowest BCUT2D eigenvalue weighted by atomic mass is 10.1. The van der Waals surface area contributed by atoms with E-state index in [0.29, 0.717) is 17.1 Å². The molecule has 0 unspecified atom stereocenters. The van der Waals surface area contributed by atoms with E-state index in [0.717, 1.165) is 5.69 Å². The standard InChI is InChI=1S/C19H21NO4/c1-13(21)15-10-11-17(18(12-15)23-4)24-14(2)19(22)20(3)16-8-6-5-7-9-16/h5-12,14H,1-4H3/t14-/m0/s1. The number of carbonyl (C=O) groups excluding carboxylic acids is 2. The summed E-state index contributed by atoms with van der Waals surface area (Å²) in [7, 11) is 3.20. The molecule has 0 saturated heterocycles. The maximum atomic E-state index is 12.5. The Morgan fingerprint density at radius 1 is 1.04 bits per heavy atom. The van der Waals surface area contributed by atoms with Gasteiger partial charge in [-0.1, -0.05) is 18.2 Å². The van der Waals surface area contributed by atoms with Crippen molar-refractivity contribution in [3.63, 3.8) is 0 Å². The summed E-state index contributed by atoms with van der Waals surface area (Å²) in [5, 5.41) is 0. The fourth-order valence-electron chi connectivity index (χ4n) is 2.28. The summed E-state index contributed by atoms with van der Waals surface area (Å²) < 4.78 is 11.0. The molecule has 5 heteroatoms. The molecule has 2 aromatic rings. The fourth-order valence-corrected chi connectivity index (χ4v) is 2.28. The molecule has 0 aliphatic rings. The monoisotopic (exact) mass is 327 g/mol. The van der Waals surface area contributed by atoms with Crippen LogP contribution in [-0.4, -0.2) is 32.0 Å². The minimum absolute atomic E-state index is 0.0622. The summed E-state index contributed by atoms with van der Waals surface area (Å²) in [6, 6.07) is 14.2. The Hall–Kier alpha value is -2.82. The average molecular weight is 327 g/mol. The Bertz CT molecular complexity index is 727. The zero-order valence-corrected chi connectivity index (χ0v) is 14.3. The van der Waals surface area contributed by atoms with Crippen molar-refractivity contribution in [2.24, 2.45) is 0 Å². The number of ketones is 1. The fraction of sp³-hybridized carbons (Fsp3) is 0.263. The van der Waals surface area contributed by atoms with E-state index in [1.54, 1.807) is 37.1 Å². The molecule has 2 aromatic carbocycles. The third-order valence-corrected chi connectivity index (χ3v) is 3.70. The van der Waals surface area contributed by atoms with Crippen LogP contribution < -0.4 is 14.4 Å². The zero-order chi connectivity index (χ0) is 17.7. The minimum Gasteiger partial charge on any atom is -0.493 e. The number of Topliss-reactive ketones (excluding diaryl/α,β-unsaturated/α-hetero) is 1. The van der Waals surface area contributed by atoms with Crippen molar-refractivity contribution in [2.45, 2.75) is 20.0 Å². The number of amides is 1. The first-order valence-corrected chi connectivity index (χ1v) is 7.62. The smallest absolute Gasteiger partial charge is 0.267 e. The van der Waals surface area contributed by atoms with Crippen LogP contribution in [0.5, 0.6) is 11.5 Å². The third-order valence-electron chi connectivity index (χ3n) is 3.70. The first kappa shape index (κ1) is 17.5. The second-order valence-electron chi connectivity index (χ2n) is 5.41. The molecule has 0 radical (unpaired) electrons. The van der Waals surface area contributed by atoms with Crippen LogP contribution in [0, 0.1) is 0 Å². The van der Waals surface area contributed by atoms with Crippen LogP contribution in [0.3, 0.4) is 0 Å². The van der Waals surface area contributed by atoms with Crippen molar-refractivity contribution in [1.82, 2.24) is 0 Å². The molecule has 2 rings (SSSR count). The van der Waals surface area contributed by atoms with Crippen LogP contribution in [-0.2, 0) is 4.79 Å². The number of benzene rings is 2. The highest BCUT2D eigenvalue weighted by atomic mass is 16.5. The number of hydrogen-bond donors (Lipinski definition) is 0. The first-order valence-electron chi connectivity index (χ1n) is 7.62. The zero-order valence-electron chi connectivity index (χ0n) is 14.3. The van der Waals surface area contributed by atoms with Crippen LogP contribution in [0.2, 0.25) is 0 Å². The molecule has 0 aromatic heterocycles. The highest BCUT2D eigenvalue weighted by Gasteiger charge is 2.22. The Morgan fingerprint density at radius 3 is 2.29 bits per heavy atom. The molecule has 0 N–H and O–H groups in total. The molecule has 1 atom stereocenters. The van der Waals surface area contributed by atoms with Gasteiger partial charge in [-0.05, 0) is 44.2 Å². The van der Waals surface area contributed by atoms with E-state index in [2.05, 4.69) is 0 Å². The van der Waals surface area contributed by atoms with Crippen LogP contribution in [0.25, 0.3) is 0 Å². The van der Waals surface area contributed by atoms with Gasteiger partial charge in [0.15, 0.2) is 23.4 Å². The second-order valence-corrected chi connectivity index (χ2v) is 5.41. The first-order chi connectivity index (χ1) is 11.4. The molecule has 0 fully saturated rings. The Kier molecular flexibility index (Phi) is 5.58. The molecular weight excluding hydrogens is 306 g/mol. The van der Waals surface area contributed by atoms with E-state index in [9.17, 15) is 9.59 Å². The summed E-state index contributed by atoms with van der Waals surface area (Å²) in [4.78, 5) is 25.5. The second kappa shape index (κ2) is 7.64. The van der Waals surface area contributed by atoms with Gasteiger partial charge in [-0.2, -0.15) is 0 Å². The van der Waals surface area contributed by atoms with Gasteiger partial charge >= 0.3 is 0 Å².